The SMILES string of the molecule is CNCC1(CN(C)Cc2scnc2C)CCCC1. The molecule has 2 rings (SSSR count). The molecule has 0 saturated heterocycles. The molecule has 1 heterocycles. The van der Waals surface area contributed by atoms with Crippen LogP contribution in [0.15, 0.2) is 5.51 Å². The van der Waals surface area contributed by atoms with Gasteiger partial charge in [0.05, 0.1) is 11.2 Å². The highest BCUT2D eigenvalue weighted by Crippen LogP contribution is 2.38. The van der Waals surface area contributed by atoms with Crippen molar-refractivity contribution in [2.45, 2.75) is 39.2 Å². The molecule has 0 radical (unpaired) electrons. The van der Waals surface area contributed by atoms with Gasteiger partial charge in [-0.05, 0) is 39.3 Å². The number of thiazole rings is 1. The molecule has 0 spiro atoms. The van der Waals surface area contributed by atoms with Gasteiger partial charge < -0.3 is 10.2 Å². The predicted octanol–water partition coefficient (Wildman–Crippen LogP) is 2.66. The topological polar surface area (TPSA) is 28.2 Å². The van der Waals surface area contributed by atoms with Gasteiger partial charge in [-0.3, -0.25) is 0 Å². The number of aryl methyl sites for hydroxylation is 1. The third-order valence-electron chi connectivity index (χ3n) is 4.08. The molecule has 0 bridgehead atoms. The highest BCUT2D eigenvalue weighted by Gasteiger charge is 2.34. The van der Waals surface area contributed by atoms with Crippen molar-refractivity contribution in [1.29, 1.82) is 0 Å². The fourth-order valence-electron chi connectivity index (χ4n) is 3.24. The normalized spacial score (nSPS) is 18.7. The molecule has 3 nitrogen and oxygen atoms in total. The van der Waals surface area contributed by atoms with E-state index in [1.54, 1.807) is 11.3 Å². The summed E-state index contributed by atoms with van der Waals surface area (Å²) in [5, 5.41) is 3.39. The minimum absolute atomic E-state index is 0.502. The first kappa shape index (κ1) is 14.0. The Hall–Kier alpha value is -0.450. The molecule has 1 saturated carbocycles. The molecule has 1 aromatic heterocycles. The fraction of sp³-hybridized carbons (Fsp3) is 0.786. The molecule has 1 N–H and O–H groups in total. The second-order valence-corrected chi connectivity index (χ2v) is 6.71. The van der Waals surface area contributed by atoms with E-state index in [0.29, 0.717) is 5.41 Å². The second-order valence-electron chi connectivity index (χ2n) is 5.77. The Morgan fingerprint density at radius 3 is 2.72 bits per heavy atom. The summed E-state index contributed by atoms with van der Waals surface area (Å²) in [6.07, 6.45) is 5.55. The molecular formula is C14H25N3S. The molecule has 1 aliphatic rings. The summed E-state index contributed by atoms with van der Waals surface area (Å²) in [6, 6.07) is 0. The third kappa shape index (κ3) is 3.31. The van der Waals surface area contributed by atoms with Crippen LogP contribution in [0.5, 0.6) is 0 Å². The van der Waals surface area contributed by atoms with Crippen molar-refractivity contribution < 1.29 is 0 Å². The van der Waals surface area contributed by atoms with Crippen LogP contribution in [-0.2, 0) is 6.54 Å². The Morgan fingerprint density at radius 2 is 2.17 bits per heavy atom. The predicted molar refractivity (Wildman–Crippen MR) is 78.0 cm³/mol. The second kappa shape index (κ2) is 6.13. The maximum Gasteiger partial charge on any atom is 0.0798 e. The van der Waals surface area contributed by atoms with Gasteiger partial charge in [0.2, 0.25) is 0 Å². The van der Waals surface area contributed by atoms with Gasteiger partial charge in [-0.2, -0.15) is 0 Å². The van der Waals surface area contributed by atoms with Crippen LogP contribution in [0.1, 0.15) is 36.3 Å². The van der Waals surface area contributed by atoms with Gasteiger partial charge in [-0.15, -0.1) is 11.3 Å². The Balaban J connectivity index is 1.93. The van der Waals surface area contributed by atoms with Gasteiger partial charge >= 0.3 is 0 Å². The van der Waals surface area contributed by atoms with Crippen LogP contribution in [0.25, 0.3) is 0 Å². The lowest BCUT2D eigenvalue weighted by Gasteiger charge is -2.33. The largest absolute Gasteiger partial charge is 0.319 e. The summed E-state index contributed by atoms with van der Waals surface area (Å²) in [7, 11) is 4.32. The molecule has 1 aliphatic carbocycles. The van der Waals surface area contributed by atoms with Crippen molar-refractivity contribution in [3.63, 3.8) is 0 Å². The van der Waals surface area contributed by atoms with Crippen molar-refractivity contribution in [2.75, 3.05) is 27.2 Å². The summed E-state index contributed by atoms with van der Waals surface area (Å²) in [4.78, 5) is 8.22. The van der Waals surface area contributed by atoms with Gasteiger partial charge in [-0.1, -0.05) is 12.8 Å². The number of aromatic nitrogens is 1. The zero-order chi connectivity index (χ0) is 13.0. The molecule has 0 amide bonds. The molecule has 18 heavy (non-hydrogen) atoms. The van der Waals surface area contributed by atoms with Crippen LogP contribution in [0.3, 0.4) is 0 Å². The van der Waals surface area contributed by atoms with Gasteiger partial charge in [0, 0.05) is 24.5 Å². The monoisotopic (exact) mass is 267 g/mol. The molecule has 0 aromatic carbocycles. The summed E-state index contributed by atoms with van der Waals surface area (Å²) < 4.78 is 0. The Morgan fingerprint density at radius 1 is 1.44 bits per heavy atom. The van der Waals surface area contributed by atoms with Crippen LogP contribution in [-0.4, -0.2) is 37.1 Å². The van der Waals surface area contributed by atoms with Gasteiger partial charge in [0.15, 0.2) is 0 Å². The highest BCUT2D eigenvalue weighted by molar-refractivity contribution is 7.09. The first-order valence-electron chi connectivity index (χ1n) is 6.87. The average molecular weight is 267 g/mol. The smallest absolute Gasteiger partial charge is 0.0798 e. The van der Waals surface area contributed by atoms with Crippen LogP contribution in [0.2, 0.25) is 0 Å². The molecule has 1 fully saturated rings. The first-order valence-corrected chi connectivity index (χ1v) is 7.75. The lowest BCUT2D eigenvalue weighted by molar-refractivity contribution is 0.171. The first-order chi connectivity index (χ1) is 8.65. The van der Waals surface area contributed by atoms with Crippen LogP contribution >= 0.6 is 11.3 Å². The lowest BCUT2D eigenvalue weighted by Crippen LogP contribution is -2.40. The van der Waals surface area contributed by atoms with E-state index in [0.717, 1.165) is 13.1 Å². The van der Waals surface area contributed by atoms with E-state index in [4.69, 9.17) is 0 Å². The lowest BCUT2D eigenvalue weighted by atomic mass is 9.85. The van der Waals surface area contributed by atoms with E-state index in [2.05, 4.69) is 36.2 Å². The van der Waals surface area contributed by atoms with Gasteiger partial charge in [0.25, 0.3) is 0 Å². The minimum atomic E-state index is 0.502. The van der Waals surface area contributed by atoms with E-state index >= 15 is 0 Å². The summed E-state index contributed by atoms with van der Waals surface area (Å²) in [5.74, 6) is 0. The number of hydrogen-bond acceptors (Lipinski definition) is 4. The molecule has 0 unspecified atom stereocenters. The number of nitrogens with one attached hydrogen (secondary N) is 1. The molecule has 0 aliphatic heterocycles. The Labute approximate surface area is 115 Å². The zero-order valence-electron chi connectivity index (χ0n) is 11.8. The molecule has 0 atom stereocenters. The van der Waals surface area contributed by atoms with Crippen molar-refractivity contribution in [3.8, 4) is 0 Å². The van der Waals surface area contributed by atoms with E-state index in [1.807, 2.05) is 5.51 Å². The Bertz CT molecular complexity index is 369. The summed E-state index contributed by atoms with van der Waals surface area (Å²) >= 11 is 1.78. The molecule has 4 heteroatoms. The standard InChI is InChI=1S/C14H25N3S/c1-12-13(18-11-16-12)8-17(3)10-14(9-15-2)6-4-5-7-14/h11,15H,4-10H2,1-3H3. The van der Waals surface area contributed by atoms with Crippen LogP contribution in [0, 0.1) is 12.3 Å². The summed E-state index contributed by atoms with van der Waals surface area (Å²) in [5.41, 5.74) is 3.65. The average Bonchev–Trinajstić information content (AvgIpc) is 2.90. The highest BCUT2D eigenvalue weighted by atomic mass is 32.1. The third-order valence-corrected chi connectivity index (χ3v) is 5.00. The fourth-order valence-corrected chi connectivity index (χ4v) is 4.10. The van der Waals surface area contributed by atoms with Crippen LogP contribution < -0.4 is 5.32 Å². The van der Waals surface area contributed by atoms with Gasteiger partial charge in [-0.25, -0.2) is 4.98 Å². The number of rotatable bonds is 6. The molecule has 102 valence electrons. The number of hydrogen-bond donors (Lipinski definition) is 1. The van der Waals surface area contributed by atoms with E-state index in [9.17, 15) is 0 Å². The quantitative estimate of drug-likeness (QED) is 0.859. The Kier molecular flexibility index (Phi) is 4.76. The van der Waals surface area contributed by atoms with Gasteiger partial charge in [0.1, 0.15) is 0 Å². The molecular weight excluding hydrogens is 242 g/mol. The summed E-state index contributed by atoms with van der Waals surface area (Å²) in [6.45, 7) is 5.50. The zero-order valence-corrected chi connectivity index (χ0v) is 12.6. The van der Waals surface area contributed by atoms with Crippen molar-refractivity contribution >= 4 is 11.3 Å². The van der Waals surface area contributed by atoms with E-state index in [1.165, 1.54) is 42.8 Å². The van der Waals surface area contributed by atoms with Crippen molar-refractivity contribution in [3.05, 3.63) is 16.1 Å². The van der Waals surface area contributed by atoms with E-state index in [-0.39, 0.29) is 0 Å². The van der Waals surface area contributed by atoms with Crippen molar-refractivity contribution in [2.24, 2.45) is 5.41 Å². The van der Waals surface area contributed by atoms with Crippen LogP contribution in [0.4, 0.5) is 0 Å². The minimum Gasteiger partial charge on any atom is -0.319 e. The van der Waals surface area contributed by atoms with Crippen molar-refractivity contribution in [1.82, 2.24) is 15.2 Å². The maximum atomic E-state index is 4.33. The number of nitrogens with zero attached hydrogens (tertiary/aromatic N) is 2. The molecule has 1 aromatic rings. The maximum absolute atomic E-state index is 4.33. The van der Waals surface area contributed by atoms with E-state index < -0.39 is 0 Å².